The SMILES string of the molecule is CC(C)c1cc(-c2cc(-c3cccc(-c4cc(-c5c(C(C)C)cc(C(C)(C)C)cc5C(C)C)ccn4)c3)nc(-c3ccccc3O)c2)cc(C(C)C)c1. The van der Waals surface area contributed by atoms with Crippen molar-refractivity contribution in [3.8, 4) is 61.8 Å². The fourth-order valence-corrected chi connectivity index (χ4v) is 7.13. The Bertz CT molecular complexity index is 2190. The third-order valence-electron chi connectivity index (χ3n) is 10.5. The molecule has 0 atom stereocenters. The van der Waals surface area contributed by atoms with E-state index in [1.54, 1.807) is 6.07 Å². The lowest BCUT2D eigenvalue weighted by Crippen LogP contribution is -2.14. The highest BCUT2D eigenvalue weighted by Crippen LogP contribution is 2.41. The number of aromatic nitrogens is 2. The highest BCUT2D eigenvalue weighted by atomic mass is 16.3. The Labute approximate surface area is 318 Å². The summed E-state index contributed by atoms with van der Waals surface area (Å²) in [5.74, 6) is 1.76. The first-order chi connectivity index (χ1) is 25.1. The van der Waals surface area contributed by atoms with E-state index in [1.807, 2.05) is 24.4 Å². The Hall–Kier alpha value is -5.02. The first-order valence-electron chi connectivity index (χ1n) is 19.3. The maximum atomic E-state index is 10.9. The van der Waals surface area contributed by atoms with Gasteiger partial charge in [0, 0.05) is 22.9 Å². The van der Waals surface area contributed by atoms with Gasteiger partial charge in [-0.2, -0.15) is 0 Å². The molecule has 0 fully saturated rings. The predicted molar refractivity (Wildman–Crippen MR) is 226 cm³/mol. The van der Waals surface area contributed by atoms with Crippen LogP contribution in [0.4, 0.5) is 0 Å². The Balaban J connectivity index is 1.51. The molecule has 6 aromatic rings. The molecule has 0 spiro atoms. The van der Waals surface area contributed by atoms with Crippen molar-refractivity contribution in [1.29, 1.82) is 0 Å². The van der Waals surface area contributed by atoms with Crippen molar-refractivity contribution in [2.45, 2.75) is 105 Å². The molecule has 6 rings (SSSR count). The summed E-state index contributed by atoms with van der Waals surface area (Å²) in [7, 11) is 0. The highest BCUT2D eigenvalue weighted by molar-refractivity contribution is 5.81. The minimum atomic E-state index is 0.0635. The second kappa shape index (κ2) is 15.1. The van der Waals surface area contributed by atoms with E-state index in [-0.39, 0.29) is 11.2 Å². The molecule has 3 heteroatoms. The minimum absolute atomic E-state index is 0.0635. The number of aromatic hydroxyl groups is 1. The number of benzene rings is 4. The van der Waals surface area contributed by atoms with Crippen LogP contribution < -0.4 is 0 Å². The summed E-state index contributed by atoms with van der Waals surface area (Å²) in [6.45, 7) is 25.1. The molecule has 2 aromatic heterocycles. The second-order valence-electron chi connectivity index (χ2n) is 16.9. The average Bonchev–Trinajstić information content (AvgIpc) is 3.13. The monoisotopic (exact) mass is 700 g/mol. The summed E-state index contributed by atoms with van der Waals surface area (Å²) in [4.78, 5) is 10.1. The summed E-state index contributed by atoms with van der Waals surface area (Å²) in [6.07, 6.45) is 1.95. The molecule has 0 saturated carbocycles. The zero-order valence-electron chi connectivity index (χ0n) is 33.5. The molecule has 53 heavy (non-hydrogen) atoms. The van der Waals surface area contributed by atoms with E-state index >= 15 is 0 Å². The van der Waals surface area contributed by atoms with E-state index in [2.05, 4.69) is 155 Å². The van der Waals surface area contributed by atoms with E-state index in [0.29, 0.717) is 29.2 Å². The number of hydrogen-bond donors (Lipinski definition) is 1. The predicted octanol–water partition coefficient (Wildman–Crippen LogP) is 14.3. The molecule has 0 amide bonds. The van der Waals surface area contributed by atoms with Crippen LogP contribution in [0.1, 0.15) is 128 Å². The zero-order valence-corrected chi connectivity index (χ0v) is 33.5. The van der Waals surface area contributed by atoms with Crippen molar-refractivity contribution < 1.29 is 5.11 Å². The molecule has 0 unspecified atom stereocenters. The van der Waals surface area contributed by atoms with Gasteiger partial charge in [0.25, 0.3) is 0 Å². The van der Waals surface area contributed by atoms with Crippen molar-refractivity contribution >= 4 is 0 Å². The van der Waals surface area contributed by atoms with E-state index in [0.717, 1.165) is 39.3 Å². The van der Waals surface area contributed by atoms with Gasteiger partial charge in [-0.1, -0.05) is 137 Å². The lowest BCUT2D eigenvalue weighted by Gasteiger charge is -2.27. The van der Waals surface area contributed by atoms with Crippen molar-refractivity contribution in [2.24, 2.45) is 0 Å². The van der Waals surface area contributed by atoms with Gasteiger partial charge in [0.2, 0.25) is 0 Å². The quantitative estimate of drug-likeness (QED) is 0.163. The largest absolute Gasteiger partial charge is 0.507 e. The van der Waals surface area contributed by atoms with Crippen LogP contribution in [0.5, 0.6) is 5.75 Å². The topological polar surface area (TPSA) is 46.0 Å². The number of para-hydroxylation sites is 1. The Morgan fingerprint density at radius 2 is 1.04 bits per heavy atom. The van der Waals surface area contributed by atoms with Crippen LogP contribution in [0.3, 0.4) is 0 Å². The third-order valence-corrected chi connectivity index (χ3v) is 10.5. The Morgan fingerprint density at radius 1 is 0.491 bits per heavy atom. The van der Waals surface area contributed by atoms with Crippen molar-refractivity contribution in [3.05, 3.63) is 137 Å². The number of pyridine rings is 2. The van der Waals surface area contributed by atoms with Crippen molar-refractivity contribution in [1.82, 2.24) is 9.97 Å². The summed E-state index contributed by atoms with van der Waals surface area (Å²) in [5, 5.41) is 10.9. The molecule has 0 bridgehead atoms. The van der Waals surface area contributed by atoms with Gasteiger partial charge < -0.3 is 5.11 Å². The molecule has 1 N–H and O–H groups in total. The summed E-state index contributed by atoms with van der Waals surface area (Å²) in [6, 6.07) is 36.5. The summed E-state index contributed by atoms with van der Waals surface area (Å²) < 4.78 is 0. The average molecular weight is 701 g/mol. The van der Waals surface area contributed by atoms with Crippen LogP contribution in [0.2, 0.25) is 0 Å². The number of phenols is 1. The second-order valence-corrected chi connectivity index (χ2v) is 16.9. The minimum Gasteiger partial charge on any atom is -0.507 e. The smallest absolute Gasteiger partial charge is 0.124 e. The normalized spacial score (nSPS) is 12.1. The molecule has 0 aliphatic carbocycles. The fourth-order valence-electron chi connectivity index (χ4n) is 7.13. The van der Waals surface area contributed by atoms with Crippen LogP contribution in [0, 0.1) is 0 Å². The molecule has 0 aliphatic heterocycles. The first-order valence-corrected chi connectivity index (χ1v) is 19.3. The number of rotatable bonds is 9. The lowest BCUT2D eigenvalue weighted by molar-refractivity contribution is 0.477. The molecule has 0 aliphatic rings. The standard InChI is InChI=1S/C50H56N2O/c1-30(2)37-22-38(31(3)4)24-39(23-37)40-26-46(52-47(27-40)42-17-12-13-18-48(42)53)35-16-14-15-34(21-35)45-25-36(19-20-51-45)49-43(32(5)6)28-41(50(9,10)11)29-44(49)33(7)8/h12-33,53H,1-11H3. The van der Waals surface area contributed by atoms with Gasteiger partial charge in [0.15, 0.2) is 0 Å². The molecular weight excluding hydrogens is 645 g/mol. The molecule has 0 saturated heterocycles. The van der Waals surface area contributed by atoms with Crippen LogP contribution in [0.15, 0.2) is 109 Å². The van der Waals surface area contributed by atoms with Crippen LogP contribution >= 0.6 is 0 Å². The molecule has 4 aromatic carbocycles. The number of phenolic OH excluding ortho intramolecular Hbond substituents is 1. The number of hydrogen-bond acceptors (Lipinski definition) is 3. The molecule has 0 radical (unpaired) electrons. The molecule has 3 nitrogen and oxygen atoms in total. The van der Waals surface area contributed by atoms with E-state index in [1.165, 1.54) is 38.9 Å². The molecular formula is C50H56N2O. The van der Waals surface area contributed by atoms with Crippen LogP contribution in [0.25, 0.3) is 56.0 Å². The maximum absolute atomic E-state index is 10.9. The van der Waals surface area contributed by atoms with Gasteiger partial charge in [-0.3, -0.25) is 4.98 Å². The molecule has 2 heterocycles. The van der Waals surface area contributed by atoms with Gasteiger partial charge in [-0.25, -0.2) is 4.98 Å². The Kier molecular flexibility index (Phi) is 10.8. The van der Waals surface area contributed by atoms with Crippen LogP contribution in [-0.2, 0) is 5.41 Å². The van der Waals surface area contributed by atoms with Gasteiger partial charge >= 0.3 is 0 Å². The van der Waals surface area contributed by atoms with Crippen LogP contribution in [-0.4, -0.2) is 15.1 Å². The highest BCUT2D eigenvalue weighted by Gasteiger charge is 2.23. The van der Waals surface area contributed by atoms with E-state index in [9.17, 15) is 5.11 Å². The van der Waals surface area contributed by atoms with Gasteiger partial charge in [-0.05, 0) is 122 Å². The van der Waals surface area contributed by atoms with Crippen molar-refractivity contribution in [2.75, 3.05) is 0 Å². The zero-order chi connectivity index (χ0) is 38.2. The Morgan fingerprint density at radius 3 is 1.60 bits per heavy atom. The van der Waals surface area contributed by atoms with Gasteiger partial charge in [-0.15, -0.1) is 0 Å². The first kappa shape index (κ1) is 37.7. The fraction of sp³-hybridized carbons (Fsp3) is 0.320. The number of nitrogens with zero attached hydrogens (tertiary/aromatic N) is 2. The van der Waals surface area contributed by atoms with Gasteiger partial charge in [0.1, 0.15) is 5.75 Å². The van der Waals surface area contributed by atoms with Crippen molar-refractivity contribution in [3.63, 3.8) is 0 Å². The molecule has 272 valence electrons. The van der Waals surface area contributed by atoms with Gasteiger partial charge in [0.05, 0.1) is 17.1 Å². The summed E-state index contributed by atoms with van der Waals surface area (Å²) >= 11 is 0. The van der Waals surface area contributed by atoms with E-state index in [4.69, 9.17) is 9.97 Å². The lowest BCUT2D eigenvalue weighted by atomic mass is 9.78. The summed E-state index contributed by atoms with van der Waals surface area (Å²) in [5.41, 5.74) is 16.9. The maximum Gasteiger partial charge on any atom is 0.124 e. The van der Waals surface area contributed by atoms with E-state index < -0.39 is 0 Å². The third kappa shape index (κ3) is 8.15.